The topological polar surface area (TPSA) is 36.0 Å². The van der Waals surface area contributed by atoms with Gasteiger partial charge in [0.25, 0.3) is 0 Å². The first-order chi connectivity index (χ1) is 12.6. The van der Waals surface area contributed by atoms with Crippen molar-refractivity contribution in [2.75, 3.05) is 49.6 Å². The van der Waals surface area contributed by atoms with Crippen LogP contribution in [-0.4, -0.2) is 50.8 Å². The van der Waals surface area contributed by atoms with Crippen molar-refractivity contribution in [3.8, 4) is 5.75 Å². The molecule has 2 aromatic carbocycles. The van der Waals surface area contributed by atoms with Gasteiger partial charge < -0.3 is 14.5 Å². The zero-order valence-electron chi connectivity index (χ0n) is 15.8. The smallest absolute Gasteiger partial charge is 0.324 e. The van der Waals surface area contributed by atoms with Gasteiger partial charge in [-0.2, -0.15) is 0 Å². The normalized spacial score (nSPS) is 14.3. The van der Waals surface area contributed by atoms with Crippen LogP contribution in [0.15, 0.2) is 48.5 Å². The predicted octanol–water partition coefficient (Wildman–Crippen LogP) is 3.77. The molecule has 2 amide bonds. The monoisotopic (exact) mass is 353 g/mol. The fourth-order valence-corrected chi connectivity index (χ4v) is 3.42. The average Bonchev–Trinajstić information content (AvgIpc) is 2.69. The fraction of sp³-hybridized carbons (Fsp3) is 0.381. The molecule has 0 atom stereocenters. The highest BCUT2D eigenvalue weighted by Gasteiger charge is 2.26. The molecule has 1 aliphatic heterocycles. The molecule has 1 aliphatic rings. The van der Waals surface area contributed by atoms with Crippen LogP contribution in [0.3, 0.4) is 0 Å². The molecule has 0 radical (unpaired) electrons. The van der Waals surface area contributed by atoms with Crippen LogP contribution < -0.4 is 14.5 Å². The Morgan fingerprint density at radius 2 is 1.69 bits per heavy atom. The number of ether oxygens (including phenoxy) is 1. The fourth-order valence-electron chi connectivity index (χ4n) is 3.42. The summed E-state index contributed by atoms with van der Waals surface area (Å²) in [5, 5.41) is 0. The number of methoxy groups -OCH3 is 1. The summed E-state index contributed by atoms with van der Waals surface area (Å²) in [6.07, 6.45) is 0. The van der Waals surface area contributed by atoms with Gasteiger partial charge in [-0.15, -0.1) is 0 Å². The Morgan fingerprint density at radius 1 is 1.04 bits per heavy atom. The quantitative estimate of drug-likeness (QED) is 0.839. The highest BCUT2D eigenvalue weighted by Crippen LogP contribution is 2.23. The maximum absolute atomic E-state index is 13.0. The number of urea groups is 1. The van der Waals surface area contributed by atoms with E-state index in [1.165, 1.54) is 11.3 Å². The van der Waals surface area contributed by atoms with Crippen LogP contribution in [0, 0.1) is 6.92 Å². The van der Waals surface area contributed by atoms with Crippen LogP contribution in [0.1, 0.15) is 12.5 Å². The molecule has 3 rings (SSSR count). The largest absolute Gasteiger partial charge is 0.497 e. The van der Waals surface area contributed by atoms with E-state index in [9.17, 15) is 4.79 Å². The van der Waals surface area contributed by atoms with E-state index >= 15 is 0 Å². The zero-order chi connectivity index (χ0) is 18.5. The Kier molecular flexibility index (Phi) is 5.66. The third kappa shape index (κ3) is 3.77. The van der Waals surface area contributed by atoms with E-state index in [1.807, 2.05) is 41.0 Å². The van der Waals surface area contributed by atoms with Crippen LogP contribution in [0.4, 0.5) is 16.2 Å². The number of carbonyl (C=O) groups excluding carboxylic acids is 1. The first-order valence-electron chi connectivity index (χ1n) is 9.15. The van der Waals surface area contributed by atoms with Gasteiger partial charge >= 0.3 is 6.03 Å². The summed E-state index contributed by atoms with van der Waals surface area (Å²) in [6.45, 7) is 7.97. The molecule has 5 heteroatoms. The summed E-state index contributed by atoms with van der Waals surface area (Å²) in [6, 6.07) is 16.1. The number of nitrogens with zero attached hydrogens (tertiary/aromatic N) is 3. The summed E-state index contributed by atoms with van der Waals surface area (Å²) < 4.78 is 5.20. The van der Waals surface area contributed by atoms with Gasteiger partial charge in [-0.05, 0) is 49.7 Å². The molecular formula is C21H27N3O2. The molecule has 26 heavy (non-hydrogen) atoms. The molecule has 0 spiro atoms. The molecule has 0 aliphatic carbocycles. The van der Waals surface area contributed by atoms with Crippen LogP contribution >= 0.6 is 0 Å². The Morgan fingerprint density at radius 3 is 2.27 bits per heavy atom. The van der Waals surface area contributed by atoms with Crippen molar-refractivity contribution in [1.82, 2.24) is 4.90 Å². The molecule has 0 unspecified atom stereocenters. The SMILES string of the molecule is CCN(C(=O)N1CCN(c2ccccc2C)CC1)c1ccc(OC)cc1. The Labute approximate surface area is 155 Å². The van der Waals surface area contributed by atoms with Crippen molar-refractivity contribution in [2.45, 2.75) is 13.8 Å². The lowest BCUT2D eigenvalue weighted by atomic mass is 10.1. The van der Waals surface area contributed by atoms with Crippen molar-refractivity contribution in [3.63, 3.8) is 0 Å². The number of para-hydroxylation sites is 1. The van der Waals surface area contributed by atoms with Crippen molar-refractivity contribution in [1.29, 1.82) is 0 Å². The first-order valence-corrected chi connectivity index (χ1v) is 9.15. The van der Waals surface area contributed by atoms with Gasteiger partial charge in [0, 0.05) is 44.1 Å². The van der Waals surface area contributed by atoms with E-state index < -0.39 is 0 Å². The maximum Gasteiger partial charge on any atom is 0.324 e. The molecule has 0 bridgehead atoms. The number of anilines is 2. The number of hydrogen-bond donors (Lipinski definition) is 0. The summed E-state index contributed by atoms with van der Waals surface area (Å²) >= 11 is 0. The molecule has 5 nitrogen and oxygen atoms in total. The zero-order valence-corrected chi connectivity index (χ0v) is 15.8. The van der Waals surface area contributed by atoms with Gasteiger partial charge in [-0.25, -0.2) is 4.79 Å². The average molecular weight is 353 g/mol. The third-order valence-corrected chi connectivity index (χ3v) is 4.94. The van der Waals surface area contributed by atoms with Crippen molar-refractivity contribution in [2.24, 2.45) is 0 Å². The van der Waals surface area contributed by atoms with Crippen LogP contribution in [0.2, 0.25) is 0 Å². The van der Waals surface area contributed by atoms with Gasteiger partial charge in [-0.3, -0.25) is 4.90 Å². The Balaban J connectivity index is 1.65. The molecule has 0 N–H and O–H groups in total. The van der Waals surface area contributed by atoms with Crippen LogP contribution in [0.25, 0.3) is 0 Å². The molecule has 1 fully saturated rings. The van der Waals surface area contributed by atoms with Gasteiger partial charge in [0.05, 0.1) is 7.11 Å². The lowest BCUT2D eigenvalue weighted by Gasteiger charge is -2.38. The minimum absolute atomic E-state index is 0.0714. The molecule has 1 heterocycles. The van der Waals surface area contributed by atoms with Crippen LogP contribution in [-0.2, 0) is 0 Å². The number of carbonyl (C=O) groups is 1. The Hall–Kier alpha value is -2.69. The minimum atomic E-state index is 0.0714. The summed E-state index contributed by atoms with van der Waals surface area (Å²) in [5.74, 6) is 0.795. The van der Waals surface area contributed by atoms with E-state index in [4.69, 9.17) is 4.74 Å². The molecule has 2 aromatic rings. The summed E-state index contributed by atoms with van der Waals surface area (Å²) in [7, 11) is 1.64. The van der Waals surface area contributed by atoms with E-state index in [-0.39, 0.29) is 6.03 Å². The summed E-state index contributed by atoms with van der Waals surface area (Å²) in [4.78, 5) is 19.1. The molecule has 1 saturated heterocycles. The number of hydrogen-bond acceptors (Lipinski definition) is 3. The third-order valence-electron chi connectivity index (χ3n) is 4.94. The first kappa shape index (κ1) is 18.1. The molecular weight excluding hydrogens is 326 g/mol. The van der Waals surface area contributed by atoms with Gasteiger partial charge in [0.2, 0.25) is 0 Å². The van der Waals surface area contributed by atoms with Gasteiger partial charge in [-0.1, -0.05) is 18.2 Å². The van der Waals surface area contributed by atoms with E-state index in [1.54, 1.807) is 7.11 Å². The van der Waals surface area contributed by atoms with Crippen molar-refractivity contribution >= 4 is 17.4 Å². The van der Waals surface area contributed by atoms with Gasteiger partial charge in [0.15, 0.2) is 0 Å². The highest BCUT2D eigenvalue weighted by molar-refractivity contribution is 5.92. The van der Waals surface area contributed by atoms with Gasteiger partial charge in [0.1, 0.15) is 5.75 Å². The number of benzene rings is 2. The van der Waals surface area contributed by atoms with E-state index in [0.29, 0.717) is 6.54 Å². The Bertz CT molecular complexity index is 737. The second-order valence-electron chi connectivity index (χ2n) is 6.49. The second kappa shape index (κ2) is 8.13. The predicted molar refractivity (Wildman–Crippen MR) is 106 cm³/mol. The number of rotatable bonds is 4. The molecule has 0 aromatic heterocycles. The van der Waals surface area contributed by atoms with Crippen LogP contribution in [0.5, 0.6) is 5.75 Å². The van der Waals surface area contributed by atoms with E-state index in [2.05, 4.69) is 36.1 Å². The van der Waals surface area contributed by atoms with E-state index in [0.717, 1.165) is 37.6 Å². The second-order valence-corrected chi connectivity index (χ2v) is 6.49. The van der Waals surface area contributed by atoms with Crippen molar-refractivity contribution in [3.05, 3.63) is 54.1 Å². The van der Waals surface area contributed by atoms with Crippen molar-refractivity contribution < 1.29 is 9.53 Å². The number of aryl methyl sites for hydroxylation is 1. The lowest BCUT2D eigenvalue weighted by molar-refractivity contribution is 0.201. The minimum Gasteiger partial charge on any atom is -0.497 e. The molecule has 138 valence electrons. The number of piperazine rings is 1. The highest BCUT2D eigenvalue weighted by atomic mass is 16.5. The summed E-state index contributed by atoms with van der Waals surface area (Å²) in [5.41, 5.74) is 3.45. The maximum atomic E-state index is 13.0. The number of amides is 2. The molecule has 0 saturated carbocycles. The lowest BCUT2D eigenvalue weighted by Crippen LogP contribution is -2.53. The standard InChI is InChI=1S/C21H27N3O2/c1-4-24(18-9-11-19(26-3)12-10-18)21(25)23-15-13-22(14-16-23)20-8-6-5-7-17(20)2/h5-12H,4,13-16H2,1-3H3.